The molecule has 1 saturated heterocycles. The van der Waals surface area contributed by atoms with Gasteiger partial charge in [-0.05, 0) is 73.6 Å². The van der Waals surface area contributed by atoms with Crippen LogP contribution in [-0.4, -0.2) is 38.3 Å². The van der Waals surface area contributed by atoms with Crippen LogP contribution in [0.2, 0.25) is 0 Å². The fraction of sp³-hybridized carbons (Fsp3) is 0.652. The Hall–Kier alpha value is -1.48. The summed E-state index contributed by atoms with van der Waals surface area (Å²) in [6, 6.07) is 4.69. The number of fused-ring (bicyclic) bond motifs is 1. The van der Waals surface area contributed by atoms with Crippen LogP contribution >= 0.6 is 0 Å². The third kappa shape index (κ3) is 3.64. The summed E-state index contributed by atoms with van der Waals surface area (Å²) < 4.78 is 0. The van der Waals surface area contributed by atoms with E-state index in [0.717, 1.165) is 36.4 Å². The number of benzene rings is 1. The predicted molar refractivity (Wildman–Crippen MR) is 113 cm³/mol. The molecule has 2 atom stereocenters. The van der Waals surface area contributed by atoms with Crippen LogP contribution in [0, 0.1) is 17.8 Å². The molecule has 2 saturated carbocycles. The second kappa shape index (κ2) is 7.26. The van der Waals surface area contributed by atoms with Crippen LogP contribution in [0.5, 0.6) is 0 Å². The molecular weight excluding hydrogens is 318 g/mol. The molecule has 142 valence electrons. The van der Waals surface area contributed by atoms with Crippen LogP contribution in [0.4, 0.5) is 11.4 Å². The fourth-order valence-electron chi connectivity index (χ4n) is 4.69. The molecule has 2 unspecified atom stereocenters. The van der Waals surface area contributed by atoms with Crippen molar-refractivity contribution < 1.29 is 0 Å². The first kappa shape index (κ1) is 17.9. The van der Waals surface area contributed by atoms with E-state index in [1.54, 1.807) is 0 Å². The summed E-state index contributed by atoms with van der Waals surface area (Å²) in [5, 5.41) is 3.83. The number of hydrogen-bond donors (Lipinski definition) is 1. The highest BCUT2D eigenvalue weighted by molar-refractivity contribution is 5.79. The monoisotopic (exact) mass is 353 g/mol. The topological polar surface area (TPSA) is 18.5 Å². The van der Waals surface area contributed by atoms with Crippen molar-refractivity contribution in [3.8, 4) is 0 Å². The van der Waals surface area contributed by atoms with Crippen LogP contribution in [0.25, 0.3) is 5.57 Å². The van der Waals surface area contributed by atoms with E-state index >= 15 is 0 Å². The van der Waals surface area contributed by atoms with Gasteiger partial charge < -0.3 is 10.2 Å². The quantitative estimate of drug-likeness (QED) is 0.721. The zero-order valence-electron chi connectivity index (χ0n) is 16.9. The van der Waals surface area contributed by atoms with E-state index in [9.17, 15) is 0 Å². The lowest BCUT2D eigenvalue weighted by Gasteiger charge is -2.33. The Bertz CT molecular complexity index is 666. The molecule has 0 aromatic heterocycles. The first-order valence-electron chi connectivity index (χ1n) is 10.5. The number of allylic oxidation sites excluding steroid dienone is 1. The van der Waals surface area contributed by atoms with Crippen LogP contribution in [0.15, 0.2) is 18.7 Å². The molecule has 1 heterocycles. The van der Waals surface area contributed by atoms with Crippen LogP contribution < -0.4 is 10.2 Å². The van der Waals surface area contributed by atoms with Crippen molar-refractivity contribution in [2.75, 3.05) is 43.6 Å². The van der Waals surface area contributed by atoms with E-state index in [4.69, 9.17) is 0 Å². The summed E-state index contributed by atoms with van der Waals surface area (Å²) in [6.07, 6.45) is 6.72. The molecule has 1 aromatic rings. The molecule has 1 aliphatic heterocycles. The van der Waals surface area contributed by atoms with Gasteiger partial charge in [0.15, 0.2) is 0 Å². The van der Waals surface area contributed by atoms with Crippen molar-refractivity contribution in [2.24, 2.45) is 17.8 Å². The molecule has 3 aliphatic rings. The molecule has 3 heteroatoms. The number of anilines is 2. The average Bonchev–Trinajstić information content (AvgIpc) is 3.21. The molecule has 3 nitrogen and oxygen atoms in total. The molecule has 0 amide bonds. The van der Waals surface area contributed by atoms with Crippen molar-refractivity contribution in [3.63, 3.8) is 0 Å². The van der Waals surface area contributed by atoms with Gasteiger partial charge in [0, 0.05) is 26.7 Å². The van der Waals surface area contributed by atoms with E-state index in [1.807, 2.05) is 0 Å². The summed E-state index contributed by atoms with van der Waals surface area (Å²) in [4.78, 5) is 5.08. The fourth-order valence-corrected chi connectivity index (χ4v) is 4.69. The first-order valence-corrected chi connectivity index (χ1v) is 10.5. The Labute approximate surface area is 159 Å². The molecule has 1 N–H and O–H groups in total. The standard InChI is InChI=1S/C23H35N3/c1-5-18-9-19(16(2)3)11-22(25(4)12-17-7-6-8-17)23(18)24-15-26-13-20-10-21(20)14-26/h9,11,17,20-21,24H,2,5-8,10,12-15H2,1,3-4H3. The summed E-state index contributed by atoms with van der Waals surface area (Å²) in [6.45, 7) is 13.3. The van der Waals surface area contributed by atoms with E-state index in [1.165, 1.54) is 67.8 Å². The molecule has 0 spiro atoms. The molecule has 26 heavy (non-hydrogen) atoms. The maximum Gasteiger partial charge on any atom is 0.0679 e. The Balaban J connectivity index is 1.56. The van der Waals surface area contributed by atoms with Crippen molar-refractivity contribution in [1.29, 1.82) is 0 Å². The minimum absolute atomic E-state index is 0.872. The van der Waals surface area contributed by atoms with Gasteiger partial charge in [0.05, 0.1) is 18.0 Å². The second-order valence-corrected chi connectivity index (χ2v) is 8.97. The van der Waals surface area contributed by atoms with Crippen molar-refractivity contribution in [3.05, 3.63) is 29.8 Å². The summed E-state index contributed by atoms with van der Waals surface area (Å²) in [5.74, 6) is 2.86. The predicted octanol–water partition coefficient (Wildman–Crippen LogP) is 4.84. The number of aryl methyl sites for hydroxylation is 1. The number of rotatable bonds is 8. The molecule has 0 bridgehead atoms. The van der Waals surface area contributed by atoms with Gasteiger partial charge in [-0.15, -0.1) is 0 Å². The van der Waals surface area contributed by atoms with Crippen LogP contribution in [0.1, 0.15) is 50.7 Å². The summed E-state index contributed by atoms with van der Waals surface area (Å²) >= 11 is 0. The van der Waals surface area contributed by atoms with Crippen LogP contribution in [0.3, 0.4) is 0 Å². The number of hydrogen-bond acceptors (Lipinski definition) is 3. The molecule has 1 aromatic carbocycles. The lowest BCUT2D eigenvalue weighted by molar-refractivity contribution is 0.321. The lowest BCUT2D eigenvalue weighted by Crippen LogP contribution is -2.32. The Morgan fingerprint density at radius 2 is 2.00 bits per heavy atom. The van der Waals surface area contributed by atoms with Gasteiger partial charge in [-0.3, -0.25) is 4.90 Å². The number of likely N-dealkylation sites (tertiary alicyclic amines) is 1. The molecule has 2 aliphatic carbocycles. The maximum absolute atomic E-state index is 4.19. The lowest BCUT2D eigenvalue weighted by atomic mass is 9.85. The third-order valence-electron chi connectivity index (χ3n) is 6.77. The van der Waals surface area contributed by atoms with Gasteiger partial charge in [-0.25, -0.2) is 0 Å². The van der Waals surface area contributed by atoms with Crippen LogP contribution in [-0.2, 0) is 6.42 Å². The van der Waals surface area contributed by atoms with Gasteiger partial charge >= 0.3 is 0 Å². The number of nitrogens with one attached hydrogen (secondary N) is 1. The van der Waals surface area contributed by atoms with Gasteiger partial charge in [0.2, 0.25) is 0 Å². The van der Waals surface area contributed by atoms with E-state index in [2.05, 4.69) is 54.7 Å². The average molecular weight is 354 g/mol. The highest BCUT2D eigenvalue weighted by atomic mass is 15.3. The zero-order chi connectivity index (χ0) is 18.3. The minimum Gasteiger partial charge on any atom is -0.373 e. The molecule has 3 fully saturated rings. The Kier molecular flexibility index (Phi) is 5.00. The summed E-state index contributed by atoms with van der Waals surface area (Å²) in [5.41, 5.74) is 6.57. The van der Waals surface area contributed by atoms with Gasteiger partial charge in [0.1, 0.15) is 0 Å². The van der Waals surface area contributed by atoms with Crippen molar-refractivity contribution in [2.45, 2.75) is 46.0 Å². The molecule has 4 rings (SSSR count). The summed E-state index contributed by atoms with van der Waals surface area (Å²) in [7, 11) is 2.27. The third-order valence-corrected chi connectivity index (χ3v) is 6.77. The number of nitrogens with zero attached hydrogens (tertiary/aromatic N) is 2. The Morgan fingerprint density at radius 3 is 2.58 bits per heavy atom. The van der Waals surface area contributed by atoms with E-state index < -0.39 is 0 Å². The van der Waals surface area contributed by atoms with Crippen molar-refractivity contribution in [1.82, 2.24) is 4.90 Å². The minimum atomic E-state index is 0.872. The van der Waals surface area contributed by atoms with Gasteiger partial charge in [-0.2, -0.15) is 0 Å². The van der Waals surface area contributed by atoms with Crippen molar-refractivity contribution >= 4 is 16.9 Å². The molecule has 0 radical (unpaired) electrons. The Morgan fingerprint density at radius 1 is 1.27 bits per heavy atom. The SMILES string of the molecule is C=C(C)c1cc(CC)c(NCN2CC3CC3C2)c(N(C)CC2CCC2)c1. The highest BCUT2D eigenvalue weighted by Gasteiger charge is 2.44. The normalized spacial score (nSPS) is 24.9. The first-order chi connectivity index (χ1) is 12.5. The highest BCUT2D eigenvalue weighted by Crippen LogP contribution is 2.45. The number of piperidine rings is 1. The second-order valence-electron chi connectivity index (χ2n) is 8.97. The largest absolute Gasteiger partial charge is 0.373 e. The molecular formula is C23H35N3. The maximum atomic E-state index is 4.19. The zero-order valence-corrected chi connectivity index (χ0v) is 16.9. The van der Waals surface area contributed by atoms with Gasteiger partial charge in [0.25, 0.3) is 0 Å². The van der Waals surface area contributed by atoms with Gasteiger partial charge in [-0.1, -0.05) is 25.5 Å². The smallest absolute Gasteiger partial charge is 0.0679 e. The van der Waals surface area contributed by atoms with E-state index in [0.29, 0.717) is 0 Å². The van der Waals surface area contributed by atoms with E-state index in [-0.39, 0.29) is 0 Å².